The third kappa shape index (κ3) is 4.60. The molecule has 1 aliphatic rings. The highest BCUT2D eigenvalue weighted by Crippen LogP contribution is 2.13. The minimum absolute atomic E-state index is 0.272. The summed E-state index contributed by atoms with van der Waals surface area (Å²) in [4.78, 5) is 2.35. The predicted molar refractivity (Wildman–Crippen MR) is 79.3 cm³/mol. The lowest BCUT2D eigenvalue weighted by molar-refractivity contribution is 0.121. The maximum absolute atomic E-state index is 10.0. The van der Waals surface area contributed by atoms with Crippen molar-refractivity contribution in [2.24, 2.45) is 0 Å². The number of β-amino-alcohol motifs (C(OH)–C–C–N with tert-alkyl or cyclic N) is 1. The van der Waals surface area contributed by atoms with Crippen molar-refractivity contribution in [3.05, 3.63) is 35.4 Å². The lowest BCUT2D eigenvalue weighted by Crippen LogP contribution is -2.37. The van der Waals surface area contributed by atoms with E-state index in [-0.39, 0.29) is 12.1 Å². The molecule has 1 aromatic carbocycles. The molecular formula is C16H26N2O. The third-order valence-electron chi connectivity index (χ3n) is 3.90. The van der Waals surface area contributed by atoms with E-state index in [1.54, 1.807) is 0 Å². The van der Waals surface area contributed by atoms with Crippen molar-refractivity contribution in [2.45, 2.75) is 38.8 Å². The first-order valence-electron chi connectivity index (χ1n) is 7.35. The first-order valence-corrected chi connectivity index (χ1v) is 7.35. The Morgan fingerprint density at radius 3 is 2.47 bits per heavy atom. The summed E-state index contributed by atoms with van der Waals surface area (Å²) in [5.41, 5.74) is 2.56. The Kier molecular flexibility index (Phi) is 5.37. The summed E-state index contributed by atoms with van der Waals surface area (Å²) in [6, 6.07) is 8.86. The third-order valence-corrected chi connectivity index (χ3v) is 3.90. The Morgan fingerprint density at radius 1 is 1.21 bits per heavy atom. The number of hydrogen-bond acceptors (Lipinski definition) is 3. The van der Waals surface area contributed by atoms with E-state index in [1.165, 1.54) is 24.0 Å². The van der Waals surface area contributed by atoms with E-state index in [1.807, 2.05) is 0 Å². The second-order valence-corrected chi connectivity index (χ2v) is 5.70. The summed E-state index contributed by atoms with van der Waals surface area (Å²) < 4.78 is 0. The van der Waals surface area contributed by atoms with Crippen LogP contribution < -0.4 is 5.32 Å². The van der Waals surface area contributed by atoms with Crippen LogP contribution >= 0.6 is 0 Å². The predicted octanol–water partition coefficient (Wildman–Crippen LogP) is 2.10. The summed E-state index contributed by atoms with van der Waals surface area (Å²) in [6.45, 7) is 7.99. The van der Waals surface area contributed by atoms with Crippen molar-refractivity contribution in [1.29, 1.82) is 0 Å². The Labute approximate surface area is 116 Å². The highest BCUT2D eigenvalue weighted by Gasteiger charge is 2.16. The van der Waals surface area contributed by atoms with Gasteiger partial charge >= 0.3 is 0 Å². The van der Waals surface area contributed by atoms with Crippen LogP contribution in [0.1, 0.15) is 36.9 Å². The van der Waals surface area contributed by atoms with Crippen LogP contribution in [0.3, 0.4) is 0 Å². The molecule has 0 aromatic heterocycles. The number of hydrogen-bond donors (Lipinski definition) is 2. The summed E-state index contributed by atoms with van der Waals surface area (Å²) in [6.07, 6.45) is 2.28. The Hall–Kier alpha value is -0.900. The van der Waals surface area contributed by atoms with E-state index in [2.05, 4.69) is 48.3 Å². The second-order valence-electron chi connectivity index (χ2n) is 5.70. The molecule has 2 N–H and O–H groups in total. The molecule has 106 valence electrons. The molecule has 1 fully saturated rings. The van der Waals surface area contributed by atoms with Crippen molar-refractivity contribution in [2.75, 3.05) is 26.2 Å². The fourth-order valence-electron chi connectivity index (χ4n) is 2.61. The molecule has 2 atom stereocenters. The highest BCUT2D eigenvalue weighted by atomic mass is 16.3. The van der Waals surface area contributed by atoms with Crippen molar-refractivity contribution in [3.8, 4) is 0 Å². The molecule has 0 spiro atoms. The highest BCUT2D eigenvalue weighted by molar-refractivity contribution is 5.23. The lowest BCUT2D eigenvalue weighted by atomic mass is 10.1. The molecule has 0 bridgehead atoms. The normalized spacial score (nSPS) is 19.5. The van der Waals surface area contributed by atoms with Crippen molar-refractivity contribution >= 4 is 0 Å². The first-order chi connectivity index (χ1) is 9.15. The maximum Gasteiger partial charge on any atom is 0.0791 e. The number of nitrogens with zero attached hydrogens (tertiary/aromatic N) is 1. The molecule has 2 unspecified atom stereocenters. The van der Waals surface area contributed by atoms with E-state index in [9.17, 15) is 5.11 Å². The Morgan fingerprint density at radius 2 is 1.84 bits per heavy atom. The molecule has 3 heteroatoms. The fraction of sp³-hybridized carbons (Fsp3) is 0.625. The number of aryl methyl sites for hydroxylation is 1. The molecular weight excluding hydrogens is 236 g/mol. The zero-order valence-electron chi connectivity index (χ0n) is 12.1. The van der Waals surface area contributed by atoms with Gasteiger partial charge in [0.2, 0.25) is 0 Å². The fourth-order valence-corrected chi connectivity index (χ4v) is 2.61. The lowest BCUT2D eigenvalue weighted by Gasteiger charge is -2.22. The van der Waals surface area contributed by atoms with Crippen LogP contribution in [-0.4, -0.2) is 42.3 Å². The number of nitrogens with one attached hydrogen (secondary N) is 1. The van der Waals surface area contributed by atoms with Gasteiger partial charge in [-0.05, 0) is 45.3 Å². The van der Waals surface area contributed by atoms with E-state index < -0.39 is 0 Å². The minimum Gasteiger partial charge on any atom is -0.390 e. The zero-order chi connectivity index (χ0) is 13.7. The smallest absolute Gasteiger partial charge is 0.0791 e. The average Bonchev–Trinajstić information content (AvgIpc) is 2.89. The van der Waals surface area contributed by atoms with E-state index in [0.29, 0.717) is 6.54 Å². The quantitative estimate of drug-likeness (QED) is 0.824. The van der Waals surface area contributed by atoms with Crippen LogP contribution in [0.25, 0.3) is 0 Å². The van der Waals surface area contributed by atoms with E-state index in [0.717, 1.165) is 19.6 Å². The van der Waals surface area contributed by atoms with Gasteiger partial charge in [-0.15, -0.1) is 0 Å². The summed E-state index contributed by atoms with van der Waals surface area (Å²) in [7, 11) is 0. The van der Waals surface area contributed by atoms with Gasteiger partial charge in [-0.25, -0.2) is 0 Å². The molecule has 2 rings (SSSR count). The van der Waals surface area contributed by atoms with Gasteiger partial charge in [0.05, 0.1) is 6.10 Å². The molecule has 19 heavy (non-hydrogen) atoms. The molecule has 3 nitrogen and oxygen atoms in total. The molecule has 1 aromatic rings. The van der Waals surface area contributed by atoms with E-state index >= 15 is 0 Å². The molecule has 1 heterocycles. The summed E-state index contributed by atoms with van der Waals surface area (Å²) >= 11 is 0. The molecule has 0 amide bonds. The number of likely N-dealkylation sites (tertiary alicyclic amines) is 1. The zero-order valence-corrected chi connectivity index (χ0v) is 12.1. The molecule has 0 saturated carbocycles. The summed E-state index contributed by atoms with van der Waals surface area (Å²) in [5.74, 6) is 0. The molecule has 1 saturated heterocycles. The second kappa shape index (κ2) is 7.04. The van der Waals surface area contributed by atoms with Crippen molar-refractivity contribution in [3.63, 3.8) is 0 Å². The van der Waals surface area contributed by atoms with Crippen LogP contribution in [0, 0.1) is 6.92 Å². The van der Waals surface area contributed by atoms with Gasteiger partial charge in [0.1, 0.15) is 0 Å². The standard InChI is InChI=1S/C16H26N2O/c1-13-5-7-15(8-6-13)14(2)17-11-16(19)12-18-9-3-4-10-18/h5-8,14,16-17,19H,3-4,9-12H2,1-2H3. The van der Waals surface area contributed by atoms with Gasteiger partial charge in [-0.2, -0.15) is 0 Å². The topological polar surface area (TPSA) is 35.5 Å². The molecule has 1 aliphatic heterocycles. The van der Waals surface area contributed by atoms with Crippen molar-refractivity contribution < 1.29 is 5.11 Å². The van der Waals surface area contributed by atoms with Gasteiger partial charge in [0.15, 0.2) is 0 Å². The molecule has 0 aliphatic carbocycles. The van der Waals surface area contributed by atoms with Gasteiger partial charge in [-0.3, -0.25) is 0 Å². The van der Waals surface area contributed by atoms with Crippen LogP contribution in [-0.2, 0) is 0 Å². The van der Waals surface area contributed by atoms with E-state index in [4.69, 9.17) is 0 Å². The van der Waals surface area contributed by atoms with Crippen LogP contribution in [0.15, 0.2) is 24.3 Å². The number of benzene rings is 1. The largest absolute Gasteiger partial charge is 0.390 e. The van der Waals surface area contributed by atoms with Gasteiger partial charge in [-0.1, -0.05) is 29.8 Å². The first kappa shape index (κ1) is 14.5. The Balaban J connectivity index is 1.73. The average molecular weight is 262 g/mol. The number of aliphatic hydroxyl groups excluding tert-OH is 1. The van der Waals surface area contributed by atoms with Gasteiger partial charge in [0.25, 0.3) is 0 Å². The van der Waals surface area contributed by atoms with Gasteiger partial charge in [0, 0.05) is 19.1 Å². The summed E-state index contributed by atoms with van der Waals surface area (Å²) in [5, 5.41) is 13.5. The van der Waals surface area contributed by atoms with Crippen LogP contribution in [0.5, 0.6) is 0 Å². The molecule has 0 radical (unpaired) electrons. The number of rotatable bonds is 6. The van der Waals surface area contributed by atoms with Gasteiger partial charge < -0.3 is 15.3 Å². The number of aliphatic hydroxyl groups is 1. The Bertz CT molecular complexity index is 371. The van der Waals surface area contributed by atoms with Crippen molar-refractivity contribution in [1.82, 2.24) is 10.2 Å². The monoisotopic (exact) mass is 262 g/mol. The van der Waals surface area contributed by atoms with Crippen LogP contribution in [0.2, 0.25) is 0 Å². The minimum atomic E-state index is -0.272. The maximum atomic E-state index is 10.0. The van der Waals surface area contributed by atoms with Crippen LogP contribution in [0.4, 0.5) is 0 Å². The SMILES string of the molecule is Cc1ccc(C(C)NCC(O)CN2CCCC2)cc1.